The van der Waals surface area contributed by atoms with E-state index in [1.165, 1.54) is 4.88 Å². The summed E-state index contributed by atoms with van der Waals surface area (Å²) in [4.78, 5) is 11.3. The Balaban J connectivity index is 2.23. The standard InChI is InChI=1S/C15H12Cl2N2S/c1-3-9-4-5-12(20-9)15-18-13-10(14(17)19-15)6-8(2)7-11(13)16/h4-7H,3H2,1-2H3. The minimum Gasteiger partial charge on any atom is -0.226 e. The van der Waals surface area contributed by atoms with E-state index in [-0.39, 0.29) is 0 Å². The predicted molar refractivity (Wildman–Crippen MR) is 87.0 cm³/mol. The summed E-state index contributed by atoms with van der Waals surface area (Å²) in [7, 11) is 0. The number of aromatic nitrogens is 2. The molecule has 20 heavy (non-hydrogen) atoms. The van der Waals surface area contributed by atoms with Crippen molar-refractivity contribution in [3.8, 4) is 10.7 Å². The van der Waals surface area contributed by atoms with Crippen LogP contribution < -0.4 is 0 Å². The Morgan fingerprint density at radius 3 is 2.65 bits per heavy atom. The third-order valence-electron chi connectivity index (χ3n) is 3.08. The molecule has 0 bridgehead atoms. The van der Waals surface area contributed by atoms with Gasteiger partial charge in [0.1, 0.15) is 5.15 Å². The topological polar surface area (TPSA) is 25.8 Å². The lowest BCUT2D eigenvalue weighted by Gasteiger charge is -2.06. The lowest BCUT2D eigenvalue weighted by atomic mass is 10.1. The van der Waals surface area contributed by atoms with Gasteiger partial charge in [-0.1, -0.05) is 30.1 Å². The van der Waals surface area contributed by atoms with Gasteiger partial charge in [0.05, 0.1) is 15.4 Å². The van der Waals surface area contributed by atoms with Crippen LogP contribution in [0.1, 0.15) is 17.4 Å². The minimum absolute atomic E-state index is 0.446. The highest BCUT2D eigenvalue weighted by molar-refractivity contribution is 7.15. The average molecular weight is 323 g/mol. The Kier molecular flexibility index (Phi) is 3.67. The molecule has 3 rings (SSSR count). The first-order chi connectivity index (χ1) is 9.58. The zero-order chi connectivity index (χ0) is 14.3. The van der Waals surface area contributed by atoms with Crippen LogP contribution in [-0.4, -0.2) is 9.97 Å². The highest BCUT2D eigenvalue weighted by atomic mass is 35.5. The summed E-state index contributed by atoms with van der Waals surface area (Å²) >= 11 is 14.3. The molecule has 0 radical (unpaired) electrons. The fraction of sp³-hybridized carbons (Fsp3) is 0.200. The molecule has 2 heterocycles. The number of fused-ring (bicyclic) bond motifs is 1. The van der Waals surface area contributed by atoms with Gasteiger partial charge in [-0.25, -0.2) is 9.97 Å². The molecule has 0 N–H and O–H groups in total. The fourth-order valence-electron chi connectivity index (χ4n) is 2.09. The summed E-state index contributed by atoms with van der Waals surface area (Å²) in [5, 5.41) is 1.85. The molecule has 0 spiro atoms. The molecule has 0 aliphatic rings. The van der Waals surface area contributed by atoms with Crippen molar-refractivity contribution in [2.24, 2.45) is 0 Å². The third kappa shape index (κ3) is 2.41. The first kappa shape index (κ1) is 13.8. The summed E-state index contributed by atoms with van der Waals surface area (Å²) in [5.41, 5.74) is 1.75. The van der Waals surface area contributed by atoms with Gasteiger partial charge in [-0.3, -0.25) is 0 Å². The monoisotopic (exact) mass is 322 g/mol. The molecule has 0 unspecified atom stereocenters. The molecule has 0 fully saturated rings. The zero-order valence-electron chi connectivity index (χ0n) is 11.1. The van der Waals surface area contributed by atoms with E-state index in [9.17, 15) is 0 Å². The van der Waals surface area contributed by atoms with Crippen molar-refractivity contribution >= 4 is 45.4 Å². The highest BCUT2D eigenvalue weighted by Crippen LogP contribution is 2.32. The summed E-state index contributed by atoms with van der Waals surface area (Å²) in [5.74, 6) is 0.637. The maximum atomic E-state index is 6.29. The Bertz CT molecular complexity index is 796. The number of aryl methyl sites for hydroxylation is 2. The first-order valence-corrected chi connectivity index (χ1v) is 7.88. The van der Waals surface area contributed by atoms with Gasteiger partial charge in [0.2, 0.25) is 0 Å². The van der Waals surface area contributed by atoms with Gasteiger partial charge in [0, 0.05) is 10.3 Å². The fourth-order valence-corrected chi connectivity index (χ4v) is 3.51. The number of thiophene rings is 1. The van der Waals surface area contributed by atoms with Crippen LogP contribution in [0, 0.1) is 6.92 Å². The largest absolute Gasteiger partial charge is 0.226 e. The molecule has 0 aliphatic heterocycles. The molecule has 1 aromatic carbocycles. The molecule has 102 valence electrons. The second-order valence-electron chi connectivity index (χ2n) is 4.60. The number of hydrogen-bond donors (Lipinski definition) is 0. The van der Waals surface area contributed by atoms with E-state index in [0.29, 0.717) is 21.5 Å². The molecule has 0 aliphatic carbocycles. The van der Waals surface area contributed by atoms with E-state index in [2.05, 4.69) is 23.0 Å². The number of hydrogen-bond acceptors (Lipinski definition) is 3. The van der Waals surface area contributed by atoms with Crippen LogP contribution in [0.15, 0.2) is 24.3 Å². The van der Waals surface area contributed by atoms with E-state index >= 15 is 0 Å². The van der Waals surface area contributed by atoms with Gasteiger partial charge in [-0.2, -0.15) is 0 Å². The van der Waals surface area contributed by atoms with Crippen molar-refractivity contribution in [2.75, 3.05) is 0 Å². The lowest BCUT2D eigenvalue weighted by molar-refractivity contribution is 1.19. The Labute approximate surface area is 131 Å². The maximum absolute atomic E-state index is 6.29. The van der Waals surface area contributed by atoms with E-state index in [1.54, 1.807) is 11.3 Å². The molecule has 0 saturated carbocycles. The van der Waals surface area contributed by atoms with Crippen molar-refractivity contribution in [3.05, 3.63) is 44.9 Å². The summed E-state index contributed by atoms with van der Waals surface area (Å²) in [6.45, 7) is 4.10. The lowest BCUT2D eigenvalue weighted by Crippen LogP contribution is -1.91. The van der Waals surface area contributed by atoms with E-state index in [0.717, 1.165) is 22.2 Å². The second-order valence-corrected chi connectivity index (χ2v) is 6.53. The van der Waals surface area contributed by atoms with Gasteiger partial charge in [0.15, 0.2) is 5.82 Å². The van der Waals surface area contributed by atoms with Gasteiger partial charge in [-0.05, 0) is 43.2 Å². The van der Waals surface area contributed by atoms with Crippen molar-refractivity contribution in [3.63, 3.8) is 0 Å². The average Bonchev–Trinajstić information content (AvgIpc) is 2.88. The molecular weight excluding hydrogens is 311 g/mol. The summed E-state index contributed by atoms with van der Waals surface area (Å²) < 4.78 is 0. The summed E-state index contributed by atoms with van der Waals surface area (Å²) in [6.07, 6.45) is 1.01. The normalized spacial score (nSPS) is 11.2. The van der Waals surface area contributed by atoms with Gasteiger partial charge in [0.25, 0.3) is 0 Å². The molecule has 0 amide bonds. The van der Waals surface area contributed by atoms with Crippen LogP contribution >= 0.6 is 34.5 Å². The second kappa shape index (κ2) is 5.32. The maximum Gasteiger partial charge on any atom is 0.171 e. The van der Waals surface area contributed by atoms with Gasteiger partial charge >= 0.3 is 0 Å². The molecule has 2 aromatic heterocycles. The number of benzene rings is 1. The predicted octanol–water partition coefficient (Wildman–Crippen LogP) is 5.54. The molecule has 0 saturated heterocycles. The van der Waals surface area contributed by atoms with Crippen LogP contribution in [0.25, 0.3) is 21.6 Å². The van der Waals surface area contributed by atoms with Gasteiger partial charge in [-0.15, -0.1) is 11.3 Å². The first-order valence-electron chi connectivity index (χ1n) is 6.31. The quantitative estimate of drug-likeness (QED) is 0.579. The van der Waals surface area contributed by atoms with Crippen molar-refractivity contribution < 1.29 is 0 Å². The van der Waals surface area contributed by atoms with Crippen LogP contribution in [0.3, 0.4) is 0 Å². The Hall–Kier alpha value is -1.16. The number of nitrogens with zero attached hydrogens (tertiary/aromatic N) is 2. The molecule has 5 heteroatoms. The Morgan fingerprint density at radius 1 is 1.15 bits per heavy atom. The third-order valence-corrected chi connectivity index (χ3v) is 4.88. The van der Waals surface area contributed by atoms with Crippen molar-refractivity contribution in [1.29, 1.82) is 0 Å². The minimum atomic E-state index is 0.446. The smallest absolute Gasteiger partial charge is 0.171 e. The van der Waals surface area contributed by atoms with Gasteiger partial charge < -0.3 is 0 Å². The van der Waals surface area contributed by atoms with Crippen LogP contribution in [0.2, 0.25) is 10.2 Å². The Morgan fingerprint density at radius 2 is 1.95 bits per heavy atom. The van der Waals surface area contributed by atoms with Crippen LogP contribution in [0.4, 0.5) is 0 Å². The highest BCUT2D eigenvalue weighted by Gasteiger charge is 2.12. The van der Waals surface area contributed by atoms with E-state index in [4.69, 9.17) is 23.2 Å². The molecule has 2 nitrogen and oxygen atoms in total. The SMILES string of the molecule is CCc1ccc(-c2nc(Cl)c3cc(C)cc(Cl)c3n2)s1. The van der Waals surface area contributed by atoms with E-state index in [1.807, 2.05) is 25.1 Å². The van der Waals surface area contributed by atoms with E-state index < -0.39 is 0 Å². The van der Waals surface area contributed by atoms with Crippen LogP contribution in [-0.2, 0) is 6.42 Å². The van der Waals surface area contributed by atoms with Crippen LogP contribution in [0.5, 0.6) is 0 Å². The molecular formula is C15H12Cl2N2S. The number of rotatable bonds is 2. The molecule has 0 atom stereocenters. The van der Waals surface area contributed by atoms with Crippen molar-refractivity contribution in [2.45, 2.75) is 20.3 Å². The zero-order valence-corrected chi connectivity index (χ0v) is 13.4. The summed E-state index contributed by atoms with van der Waals surface area (Å²) in [6, 6.07) is 7.98. The van der Waals surface area contributed by atoms with Crippen molar-refractivity contribution in [1.82, 2.24) is 9.97 Å². The molecule has 3 aromatic rings. The number of halogens is 2.